The highest BCUT2D eigenvalue weighted by Gasteiger charge is 2.28. The van der Waals surface area contributed by atoms with E-state index in [2.05, 4.69) is 87.1 Å². The number of fused-ring (bicyclic) bond motifs is 20. The number of benzene rings is 8. The van der Waals surface area contributed by atoms with Crippen molar-refractivity contribution in [2.75, 3.05) is 21.3 Å². The highest BCUT2D eigenvalue weighted by Crippen LogP contribution is 2.44. The topological polar surface area (TPSA) is 221 Å². The van der Waals surface area contributed by atoms with E-state index in [-0.39, 0.29) is 33.6 Å². The second-order valence-corrected chi connectivity index (χ2v) is 19.7. The van der Waals surface area contributed by atoms with Gasteiger partial charge in [-0.2, -0.15) is 0 Å². The van der Waals surface area contributed by atoms with Crippen molar-refractivity contribution in [3.05, 3.63) is 209 Å². The third kappa shape index (κ3) is 10.0. The van der Waals surface area contributed by atoms with Crippen molar-refractivity contribution < 1.29 is 19.7 Å². The molecule has 16 nitrogen and oxygen atoms in total. The number of anilines is 8. The summed E-state index contributed by atoms with van der Waals surface area (Å²) in [6.07, 6.45) is 0. The summed E-state index contributed by atoms with van der Waals surface area (Å²) in [6.45, 7) is 12.5. The Morgan fingerprint density at radius 1 is 0.306 bits per heavy atom. The monoisotopic (exact) mass is 960 g/mol. The summed E-state index contributed by atoms with van der Waals surface area (Å²) in [6, 6.07) is 46.2. The fourth-order valence-corrected chi connectivity index (χ4v) is 8.68. The van der Waals surface area contributed by atoms with Gasteiger partial charge in [-0.1, -0.05) is 114 Å². The van der Waals surface area contributed by atoms with E-state index >= 15 is 0 Å². The molecule has 0 radical (unpaired) electrons. The van der Waals surface area contributed by atoms with E-state index in [1.54, 1.807) is 24.3 Å². The summed E-state index contributed by atoms with van der Waals surface area (Å²) in [7, 11) is 0. The van der Waals surface area contributed by atoms with Gasteiger partial charge in [0, 0.05) is 22.7 Å². The molecule has 72 heavy (non-hydrogen) atoms. The number of hydrogen-bond acceptors (Lipinski definition) is 12. The molecule has 1 aliphatic heterocycles. The van der Waals surface area contributed by atoms with Crippen molar-refractivity contribution in [1.29, 1.82) is 0 Å². The van der Waals surface area contributed by atoms with Gasteiger partial charge in [0.2, 0.25) is 0 Å². The third-order valence-corrected chi connectivity index (χ3v) is 12.5. The first kappa shape index (κ1) is 47.6. The van der Waals surface area contributed by atoms with Crippen molar-refractivity contribution >= 4 is 68.2 Å². The largest absolute Gasteiger partial charge is 0.350 e. The predicted molar refractivity (Wildman–Crippen MR) is 285 cm³/mol. The molecule has 16 bridgehead atoms. The minimum absolute atomic E-state index is 0.0302. The second kappa shape index (κ2) is 18.5. The van der Waals surface area contributed by atoms with Gasteiger partial charge >= 0.3 is 0 Å². The lowest BCUT2D eigenvalue weighted by Crippen LogP contribution is -2.11. The molecule has 0 aliphatic carbocycles. The molecule has 0 spiro atoms. The van der Waals surface area contributed by atoms with E-state index in [0.717, 1.165) is 67.8 Å². The molecule has 0 saturated heterocycles. The zero-order valence-electron chi connectivity index (χ0n) is 40.1. The van der Waals surface area contributed by atoms with Gasteiger partial charge in [-0.25, -0.2) is 0 Å². The molecule has 360 valence electrons. The summed E-state index contributed by atoms with van der Waals surface area (Å²) in [5.41, 5.74) is 7.77. The molecule has 8 aromatic rings. The van der Waals surface area contributed by atoms with E-state index < -0.39 is 42.4 Å². The Morgan fingerprint density at radius 3 is 0.750 bits per heavy atom. The van der Waals surface area contributed by atoms with Gasteiger partial charge < -0.3 is 21.3 Å². The fourth-order valence-electron chi connectivity index (χ4n) is 8.68. The Kier molecular flexibility index (Phi) is 12.2. The van der Waals surface area contributed by atoms with E-state index in [1.807, 2.05) is 84.9 Å². The maximum atomic E-state index is 12.6. The smallest absolute Gasteiger partial charge is 0.299 e. The Morgan fingerprint density at radius 2 is 0.542 bits per heavy atom. The molecule has 4 N–H and O–H groups in total. The fraction of sp³-hybridized carbons (Fsp3) is 0.143. The quantitative estimate of drug-likeness (QED) is 0.0956. The zero-order chi connectivity index (χ0) is 51.2. The maximum Gasteiger partial charge on any atom is 0.299 e. The van der Waals surface area contributed by atoms with E-state index in [0.29, 0.717) is 22.7 Å². The van der Waals surface area contributed by atoms with Crippen LogP contribution in [0.25, 0.3) is 44.5 Å². The van der Waals surface area contributed by atoms with Crippen LogP contribution in [0.3, 0.4) is 0 Å². The van der Waals surface area contributed by atoms with Crippen molar-refractivity contribution in [3.8, 4) is 44.5 Å². The number of nitro benzene ring substituents is 4. The molecule has 0 aromatic heterocycles. The lowest BCUT2D eigenvalue weighted by molar-refractivity contribution is -0.393. The summed E-state index contributed by atoms with van der Waals surface area (Å²) in [4.78, 5) is 47.7. The van der Waals surface area contributed by atoms with Crippen LogP contribution < -0.4 is 21.3 Å². The Bertz CT molecular complexity index is 3110. The van der Waals surface area contributed by atoms with Crippen molar-refractivity contribution in [2.24, 2.45) is 0 Å². The van der Waals surface area contributed by atoms with Gasteiger partial charge in [0.1, 0.15) is 22.7 Å². The van der Waals surface area contributed by atoms with Crippen LogP contribution in [0, 0.1) is 40.5 Å². The molecule has 0 unspecified atom stereocenters. The molecular formula is C56H48N8O8. The third-order valence-electron chi connectivity index (χ3n) is 12.5. The summed E-state index contributed by atoms with van der Waals surface area (Å²) in [5, 5.41) is 63.0. The Labute approximate surface area is 414 Å². The van der Waals surface area contributed by atoms with Crippen molar-refractivity contribution in [3.63, 3.8) is 0 Å². The van der Waals surface area contributed by atoms with Crippen LogP contribution in [-0.4, -0.2) is 19.7 Å². The van der Waals surface area contributed by atoms with E-state index in [9.17, 15) is 40.5 Å². The van der Waals surface area contributed by atoms with Crippen molar-refractivity contribution in [1.82, 2.24) is 0 Å². The summed E-state index contributed by atoms with van der Waals surface area (Å²) in [5.74, 6) is 0. The van der Waals surface area contributed by atoms with Crippen LogP contribution in [0.4, 0.5) is 68.2 Å². The number of hydrogen-bond donors (Lipinski definition) is 4. The minimum atomic E-state index is -0.654. The van der Waals surface area contributed by atoms with Gasteiger partial charge in [0.15, 0.2) is 0 Å². The normalized spacial score (nSPS) is 12.1. The van der Waals surface area contributed by atoms with Gasteiger partial charge in [0.25, 0.3) is 22.7 Å². The number of nitro groups is 4. The van der Waals surface area contributed by atoms with Crippen LogP contribution in [0.1, 0.15) is 52.7 Å². The number of nitrogens with one attached hydrogen (secondary N) is 4. The first-order chi connectivity index (χ1) is 34.2. The highest BCUT2D eigenvalue weighted by molar-refractivity contribution is 5.87. The molecule has 0 saturated carbocycles. The molecule has 1 heterocycles. The van der Waals surface area contributed by atoms with E-state index in [1.165, 1.54) is 12.1 Å². The average Bonchev–Trinajstić information content (AvgIpc) is 3.33. The first-order valence-corrected chi connectivity index (χ1v) is 22.9. The van der Waals surface area contributed by atoms with Crippen molar-refractivity contribution in [2.45, 2.75) is 52.4 Å². The Balaban J connectivity index is 1.26. The van der Waals surface area contributed by atoms with Crippen LogP contribution in [0.15, 0.2) is 158 Å². The molecule has 8 aromatic carbocycles. The maximum absolute atomic E-state index is 12.6. The summed E-state index contributed by atoms with van der Waals surface area (Å²) < 4.78 is 0. The molecule has 9 rings (SSSR count). The van der Waals surface area contributed by atoms with Crippen LogP contribution in [0.5, 0.6) is 0 Å². The zero-order valence-corrected chi connectivity index (χ0v) is 40.1. The predicted octanol–water partition coefficient (Wildman–Crippen LogP) is 15.9. The molecule has 1 aliphatic rings. The first-order valence-electron chi connectivity index (χ1n) is 22.9. The van der Waals surface area contributed by atoms with Crippen LogP contribution >= 0.6 is 0 Å². The average molecular weight is 961 g/mol. The molecule has 0 amide bonds. The van der Waals surface area contributed by atoms with Crippen LogP contribution in [-0.2, 0) is 10.8 Å². The van der Waals surface area contributed by atoms with Gasteiger partial charge in [-0.15, -0.1) is 0 Å². The number of rotatable bonds is 4. The highest BCUT2D eigenvalue weighted by atomic mass is 16.6. The van der Waals surface area contributed by atoms with Gasteiger partial charge in [0.05, 0.1) is 31.8 Å². The Hall–Kier alpha value is -9.44. The number of nitrogens with zero attached hydrogens (tertiary/aromatic N) is 4. The lowest BCUT2D eigenvalue weighted by atomic mass is 9.83. The molecule has 0 fully saturated rings. The van der Waals surface area contributed by atoms with E-state index in [4.69, 9.17) is 0 Å². The molecule has 0 atom stereocenters. The van der Waals surface area contributed by atoms with Gasteiger partial charge in [-0.05, 0) is 139 Å². The molecular weight excluding hydrogens is 913 g/mol. The molecule has 16 heteroatoms. The van der Waals surface area contributed by atoms with Crippen LogP contribution in [0.2, 0.25) is 0 Å². The second-order valence-electron chi connectivity index (χ2n) is 19.7. The van der Waals surface area contributed by atoms with Gasteiger partial charge in [-0.3, -0.25) is 40.5 Å². The minimum Gasteiger partial charge on any atom is -0.350 e. The standard InChI is InChI=1S/C56H48N8O8/c1-55(2,3)41-21-37-19-38(22-41)34-12-8-16-44(26-34)58-48-30-50(54(64(71)72)32-52(48)62(67)68)60-46-18-10-14-36(28-46)40-20-39(23-42(24-40)56(4,5)6)35-13-9-17-45(27-35)59-49-29-47(57-43-15-7-11-33(37)25-43)51(61(65)66)31-53(49)63(69)70/h7-32,57-60H,1-6H3. The lowest BCUT2D eigenvalue weighted by Gasteiger charge is -2.22. The summed E-state index contributed by atoms with van der Waals surface area (Å²) >= 11 is 0. The SMILES string of the molecule is CC(C)(C)c1cc2cc(c1)-c1cccc(c1)Nc1cc(c([N+](=O)[O-])cc1[N+](=O)[O-])Nc1cccc(c1)-c1cc(cc(C(C)(C)C)c1)-c1cccc(c1)Nc1cc(c([N+](=O)[O-])cc1[N+](=O)[O-])Nc1cccc-2c1.